The van der Waals surface area contributed by atoms with Crippen LogP contribution in [0.25, 0.3) is 0 Å². The highest BCUT2D eigenvalue weighted by atomic mass is 35.5. The normalized spacial score (nSPS) is 14.7. The van der Waals surface area contributed by atoms with Crippen molar-refractivity contribution < 1.29 is 4.79 Å². The molecule has 0 aliphatic carbocycles. The highest BCUT2D eigenvalue weighted by Crippen LogP contribution is 2.19. The Labute approximate surface area is 191 Å². The number of hydrogen-bond acceptors (Lipinski definition) is 5. The summed E-state index contributed by atoms with van der Waals surface area (Å²) in [6.45, 7) is 6.35. The second kappa shape index (κ2) is 12.9. The molecule has 162 valence electrons. The van der Waals surface area contributed by atoms with E-state index in [1.165, 1.54) is 0 Å². The van der Waals surface area contributed by atoms with Gasteiger partial charge in [0, 0.05) is 44.5 Å². The lowest BCUT2D eigenvalue weighted by Crippen LogP contribution is -2.45. The number of piperazine rings is 1. The largest absolute Gasteiger partial charge is 0.354 e. The number of amides is 1. The van der Waals surface area contributed by atoms with Crippen LogP contribution in [0.3, 0.4) is 0 Å². The quantitative estimate of drug-likeness (QED) is 0.715. The lowest BCUT2D eigenvalue weighted by molar-refractivity contribution is -0.122. The molecule has 29 heavy (non-hydrogen) atoms. The van der Waals surface area contributed by atoms with Crippen molar-refractivity contribution in [2.45, 2.75) is 19.5 Å². The van der Waals surface area contributed by atoms with Crippen LogP contribution in [0.4, 0.5) is 5.82 Å². The molecule has 0 radical (unpaired) electrons. The number of anilines is 1. The summed E-state index contributed by atoms with van der Waals surface area (Å²) in [5.41, 5.74) is 9.09. The Bertz CT molecular complexity index is 752. The van der Waals surface area contributed by atoms with E-state index >= 15 is 0 Å². The van der Waals surface area contributed by atoms with E-state index < -0.39 is 6.04 Å². The van der Waals surface area contributed by atoms with Gasteiger partial charge < -0.3 is 20.9 Å². The monoisotopic (exact) mass is 461 g/mol. The second-order valence-corrected chi connectivity index (χ2v) is 6.88. The van der Waals surface area contributed by atoms with E-state index in [4.69, 9.17) is 5.73 Å². The second-order valence-electron chi connectivity index (χ2n) is 6.88. The summed E-state index contributed by atoms with van der Waals surface area (Å²) in [7, 11) is 2.13. The molecule has 6 nitrogen and oxygen atoms in total. The number of carbonyl (C=O) groups is 1. The summed E-state index contributed by atoms with van der Waals surface area (Å²) < 4.78 is 0. The van der Waals surface area contributed by atoms with E-state index in [0.29, 0.717) is 6.54 Å². The minimum absolute atomic E-state index is 0. The fourth-order valence-electron chi connectivity index (χ4n) is 3.09. The van der Waals surface area contributed by atoms with Gasteiger partial charge in [-0.05, 0) is 25.6 Å². The van der Waals surface area contributed by atoms with Crippen LogP contribution < -0.4 is 16.0 Å². The van der Waals surface area contributed by atoms with Gasteiger partial charge in [0.25, 0.3) is 0 Å². The molecule has 9 heteroatoms. The van der Waals surface area contributed by atoms with E-state index in [0.717, 1.165) is 48.7 Å². The first-order chi connectivity index (χ1) is 12.5. The zero-order valence-corrected chi connectivity index (χ0v) is 19.2. The van der Waals surface area contributed by atoms with Gasteiger partial charge in [0.05, 0.1) is 0 Å². The van der Waals surface area contributed by atoms with Crippen molar-refractivity contribution in [3.8, 4) is 0 Å². The fraction of sp³-hybridized carbons (Fsp3) is 0.400. The third kappa shape index (κ3) is 7.32. The molecule has 1 saturated heterocycles. The van der Waals surface area contributed by atoms with E-state index in [1.54, 1.807) is 6.20 Å². The van der Waals surface area contributed by atoms with Crippen molar-refractivity contribution in [3.05, 3.63) is 59.3 Å². The van der Waals surface area contributed by atoms with Gasteiger partial charge in [0.1, 0.15) is 11.9 Å². The van der Waals surface area contributed by atoms with Gasteiger partial charge in [-0.1, -0.05) is 35.9 Å². The lowest BCUT2D eigenvalue weighted by atomic mass is 10.1. The number of carbonyl (C=O) groups excluding carboxylic acids is 1. The molecule has 0 saturated carbocycles. The van der Waals surface area contributed by atoms with Gasteiger partial charge in [-0.25, -0.2) is 4.98 Å². The summed E-state index contributed by atoms with van der Waals surface area (Å²) in [6.07, 6.45) is 1.80. The molecular weight excluding hydrogens is 433 g/mol. The van der Waals surface area contributed by atoms with Gasteiger partial charge in [0.2, 0.25) is 5.91 Å². The first kappa shape index (κ1) is 27.4. The van der Waals surface area contributed by atoms with E-state index in [-0.39, 0.29) is 43.1 Å². The van der Waals surface area contributed by atoms with Crippen LogP contribution in [0, 0.1) is 6.92 Å². The van der Waals surface area contributed by atoms with E-state index in [2.05, 4.69) is 27.1 Å². The number of nitrogens with two attached hydrogens (primary N) is 1. The molecule has 2 aromatic rings. The van der Waals surface area contributed by atoms with Crippen LogP contribution in [0.2, 0.25) is 0 Å². The molecule has 0 bridgehead atoms. The maximum Gasteiger partial charge on any atom is 0.241 e. The fourth-order valence-corrected chi connectivity index (χ4v) is 3.09. The minimum atomic E-state index is -0.667. The van der Waals surface area contributed by atoms with Crippen LogP contribution in [-0.2, 0) is 11.3 Å². The molecule has 1 atom stereocenters. The summed E-state index contributed by atoms with van der Waals surface area (Å²) in [6, 6.07) is 11.0. The van der Waals surface area contributed by atoms with Crippen LogP contribution in [0.5, 0.6) is 0 Å². The van der Waals surface area contributed by atoms with Crippen LogP contribution in [-0.4, -0.2) is 49.0 Å². The number of aromatic nitrogens is 1. The predicted octanol–water partition coefficient (Wildman–Crippen LogP) is 2.72. The van der Waals surface area contributed by atoms with Crippen molar-refractivity contribution in [2.24, 2.45) is 5.73 Å². The predicted molar refractivity (Wildman–Crippen MR) is 126 cm³/mol. The SMILES string of the molecule is Cc1ccc(C(N)C(=O)NCc2cccnc2N2CCN(C)CC2)cc1.Cl.Cl.Cl. The van der Waals surface area contributed by atoms with Crippen LogP contribution in [0.15, 0.2) is 42.6 Å². The summed E-state index contributed by atoms with van der Waals surface area (Å²) in [5, 5.41) is 2.96. The number of hydrogen-bond donors (Lipinski definition) is 2. The van der Waals surface area contributed by atoms with Gasteiger partial charge in [-0.3, -0.25) is 4.79 Å². The van der Waals surface area contributed by atoms with Gasteiger partial charge in [-0.2, -0.15) is 0 Å². The minimum Gasteiger partial charge on any atom is -0.354 e. The topological polar surface area (TPSA) is 74.5 Å². The van der Waals surface area contributed by atoms with Crippen LogP contribution in [0.1, 0.15) is 22.7 Å². The average molecular weight is 463 g/mol. The molecule has 2 heterocycles. The molecule has 1 unspecified atom stereocenters. The highest BCUT2D eigenvalue weighted by molar-refractivity contribution is 5.86. The molecule has 0 spiro atoms. The maximum atomic E-state index is 12.5. The molecule has 1 amide bonds. The van der Waals surface area contributed by atoms with Crippen molar-refractivity contribution >= 4 is 48.9 Å². The molecule has 3 rings (SSSR count). The molecule has 1 aromatic heterocycles. The first-order valence-electron chi connectivity index (χ1n) is 9.02. The number of nitrogens with zero attached hydrogens (tertiary/aromatic N) is 3. The third-order valence-electron chi connectivity index (χ3n) is 4.84. The average Bonchev–Trinajstić information content (AvgIpc) is 2.67. The molecule has 1 fully saturated rings. The number of pyridine rings is 1. The van der Waals surface area contributed by atoms with Crippen LogP contribution >= 0.6 is 37.2 Å². The molecule has 1 aliphatic heterocycles. The Hall–Kier alpha value is -1.57. The van der Waals surface area contributed by atoms with Crippen molar-refractivity contribution in [1.82, 2.24) is 15.2 Å². The Morgan fingerprint density at radius 2 is 1.72 bits per heavy atom. The number of halogens is 3. The molecular formula is C20H30Cl3N5O. The summed E-state index contributed by atoms with van der Waals surface area (Å²) in [5.74, 6) is 0.770. The van der Waals surface area contributed by atoms with Gasteiger partial charge in [-0.15, -0.1) is 37.2 Å². The zero-order chi connectivity index (χ0) is 18.5. The first-order valence-corrected chi connectivity index (χ1v) is 9.02. The Morgan fingerprint density at radius 1 is 1.10 bits per heavy atom. The summed E-state index contributed by atoms with van der Waals surface area (Å²) >= 11 is 0. The van der Waals surface area contributed by atoms with Crippen molar-refractivity contribution in [2.75, 3.05) is 38.1 Å². The van der Waals surface area contributed by atoms with Crippen molar-refractivity contribution in [3.63, 3.8) is 0 Å². The Balaban J connectivity index is 0.00000261. The zero-order valence-electron chi connectivity index (χ0n) is 16.7. The maximum absolute atomic E-state index is 12.5. The lowest BCUT2D eigenvalue weighted by Gasteiger charge is -2.34. The number of benzene rings is 1. The highest BCUT2D eigenvalue weighted by Gasteiger charge is 2.19. The molecule has 1 aromatic carbocycles. The molecule has 3 N–H and O–H groups in total. The third-order valence-corrected chi connectivity index (χ3v) is 4.84. The standard InChI is InChI=1S/C20H27N5O.3ClH/c1-15-5-7-16(8-6-15)18(21)20(26)23-14-17-4-3-9-22-19(17)25-12-10-24(2)11-13-25;;;/h3-9,18H,10-14,21H2,1-2H3,(H,23,26);3*1H. The number of aryl methyl sites for hydroxylation is 1. The summed E-state index contributed by atoms with van der Waals surface area (Å²) in [4.78, 5) is 21.6. The Morgan fingerprint density at radius 3 is 2.34 bits per heavy atom. The van der Waals surface area contributed by atoms with E-state index in [9.17, 15) is 4.79 Å². The number of rotatable bonds is 5. The van der Waals surface area contributed by atoms with Gasteiger partial charge >= 0.3 is 0 Å². The smallest absolute Gasteiger partial charge is 0.241 e. The van der Waals surface area contributed by atoms with Gasteiger partial charge in [0.15, 0.2) is 0 Å². The Kier molecular flexibility index (Phi) is 12.2. The number of nitrogens with one attached hydrogen (secondary N) is 1. The molecule has 1 aliphatic rings. The number of likely N-dealkylation sites (N-methyl/N-ethyl adjacent to an activating group) is 1. The van der Waals surface area contributed by atoms with Crippen molar-refractivity contribution in [1.29, 1.82) is 0 Å². The van der Waals surface area contributed by atoms with E-state index in [1.807, 2.05) is 43.3 Å².